The Balaban J connectivity index is 1.64. The summed E-state index contributed by atoms with van der Waals surface area (Å²) < 4.78 is 27.6. The summed E-state index contributed by atoms with van der Waals surface area (Å²) in [5.74, 6) is -1.04. The molecule has 1 nitrogen and oxygen atoms in total. The molecule has 0 aliphatic heterocycles. The van der Waals surface area contributed by atoms with Gasteiger partial charge in [-0.25, -0.2) is 8.78 Å². The van der Waals surface area contributed by atoms with Crippen LogP contribution in [0.5, 0.6) is 0 Å². The zero-order valence-electron chi connectivity index (χ0n) is 16.4. The van der Waals surface area contributed by atoms with E-state index in [-0.39, 0.29) is 6.04 Å². The summed E-state index contributed by atoms with van der Waals surface area (Å²) in [5.41, 5.74) is 4.58. The van der Waals surface area contributed by atoms with Crippen LogP contribution in [0.4, 0.5) is 8.78 Å². The van der Waals surface area contributed by atoms with Gasteiger partial charge in [-0.05, 0) is 48.1 Å². The fourth-order valence-corrected chi connectivity index (χ4v) is 3.70. The topological polar surface area (TPSA) is 3.24 Å². The van der Waals surface area contributed by atoms with Gasteiger partial charge in [0.2, 0.25) is 0 Å². The van der Waals surface area contributed by atoms with Crippen LogP contribution in [-0.4, -0.2) is 10.9 Å². The van der Waals surface area contributed by atoms with E-state index in [0.29, 0.717) is 12.0 Å². The predicted octanol–water partition coefficient (Wildman–Crippen LogP) is 6.30. The second-order valence-corrected chi connectivity index (χ2v) is 7.75. The normalized spacial score (nSPS) is 14.1. The molecule has 1 fully saturated rings. The highest BCUT2D eigenvalue weighted by Crippen LogP contribution is 2.30. The SMILES string of the molecule is Fc1cc(F)cc(C[C@@H](C=C2CC2)N(Cc2ccccc2)Cc2ccccc2)c1. The second-order valence-electron chi connectivity index (χ2n) is 7.75. The average molecular weight is 389 g/mol. The highest BCUT2D eigenvalue weighted by atomic mass is 19.1. The monoisotopic (exact) mass is 389 g/mol. The lowest BCUT2D eigenvalue weighted by atomic mass is 10.0. The van der Waals surface area contributed by atoms with Crippen LogP contribution in [0.1, 0.15) is 29.5 Å². The van der Waals surface area contributed by atoms with Gasteiger partial charge < -0.3 is 0 Å². The van der Waals surface area contributed by atoms with Crippen LogP contribution in [0.2, 0.25) is 0 Å². The van der Waals surface area contributed by atoms with Crippen molar-refractivity contribution in [1.82, 2.24) is 4.90 Å². The highest BCUT2D eigenvalue weighted by Gasteiger charge is 2.22. The molecule has 0 saturated heterocycles. The van der Waals surface area contributed by atoms with Crippen molar-refractivity contribution in [3.8, 4) is 0 Å². The van der Waals surface area contributed by atoms with Crippen LogP contribution < -0.4 is 0 Å². The lowest BCUT2D eigenvalue weighted by Gasteiger charge is -2.30. The maximum atomic E-state index is 13.8. The third-order valence-electron chi connectivity index (χ3n) is 5.26. The van der Waals surface area contributed by atoms with E-state index in [1.807, 2.05) is 36.4 Å². The number of hydrogen-bond donors (Lipinski definition) is 0. The summed E-state index contributed by atoms with van der Waals surface area (Å²) >= 11 is 0. The Morgan fingerprint density at radius 1 is 0.724 bits per heavy atom. The summed E-state index contributed by atoms with van der Waals surface area (Å²) in [6, 6.07) is 24.6. The fourth-order valence-electron chi connectivity index (χ4n) is 3.70. The summed E-state index contributed by atoms with van der Waals surface area (Å²) in [7, 11) is 0. The number of rotatable bonds is 8. The van der Waals surface area contributed by atoms with E-state index in [1.165, 1.54) is 28.8 Å². The van der Waals surface area contributed by atoms with Crippen LogP contribution in [-0.2, 0) is 19.5 Å². The third-order valence-corrected chi connectivity index (χ3v) is 5.26. The van der Waals surface area contributed by atoms with Crippen LogP contribution >= 0.6 is 0 Å². The largest absolute Gasteiger partial charge is 0.288 e. The van der Waals surface area contributed by atoms with E-state index in [2.05, 4.69) is 35.2 Å². The Morgan fingerprint density at radius 3 is 1.72 bits per heavy atom. The van der Waals surface area contributed by atoms with E-state index in [9.17, 15) is 8.78 Å². The Labute approximate surface area is 171 Å². The third kappa shape index (κ3) is 5.85. The first-order chi connectivity index (χ1) is 14.2. The highest BCUT2D eigenvalue weighted by molar-refractivity contribution is 5.26. The van der Waals surface area contributed by atoms with Gasteiger partial charge in [0.1, 0.15) is 11.6 Å². The van der Waals surface area contributed by atoms with Gasteiger partial charge in [0.15, 0.2) is 0 Å². The summed E-state index contributed by atoms with van der Waals surface area (Å²) in [6.07, 6.45) is 5.13. The smallest absolute Gasteiger partial charge is 0.126 e. The van der Waals surface area contributed by atoms with Gasteiger partial charge in [0.25, 0.3) is 0 Å². The number of benzene rings is 3. The first kappa shape index (κ1) is 19.5. The zero-order valence-corrected chi connectivity index (χ0v) is 16.4. The molecule has 1 aliphatic rings. The van der Waals surface area contributed by atoms with Crippen LogP contribution in [0.3, 0.4) is 0 Å². The van der Waals surface area contributed by atoms with Crippen molar-refractivity contribution in [3.63, 3.8) is 0 Å². The quantitative estimate of drug-likeness (QED) is 0.409. The summed E-state index contributed by atoms with van der Waals surface area (Å²) in [5, 5.41) is 0. The molecule has 0 spiro atoms. The zero-order chi connectivity index (χ0) is 20.1. The van der Waals surface area contributed by atoms with Crippen LogP contribution in [0.25, 0.3) is 0 Å². The Morgan fingerprint density at radius 2 is 1.24 bits per heavy atom. The first-order valence-electron chi connectivity index (χ1n) is 10.1. The van der Waals surface area contributed by atoms with Gasteiger partial charge in [0.05, 0.1) is 0 Å². The van der Waals surface area contributed by atoms with E-state index < -0.39 is 11.6 Å². The Kier molecular flexibility index (Phi) is 6.16. The molecule has 1 atom stereocenters. The molecule has 3 heteroatoms. The number of hydrogen-bond acceptors (Lipinski definition) is 1. The van der Waals surface area contributed by atoms with Gasteiger partial charge in [-0.15, -0.1) is 0 Å². The van der Waals surface area contributed by atoms with Crippen LogP contribution in [0, 0.1) is 11.6 Å². The lowest BCUT2D eigenvalue weighted by Crippen LogP contribution is -2.34. The van der Waals surface area contributed by atoms with E-state index >= 15 is 0 Å². The maximum absolute atomic E-state index is 13.8. The van der Waals surface area contributed by atoms with Crippen molar-refractivity contribution in [2.75, 3.05) is 0 Å². The van der Waals surface area contributed by atoms with E-state index in [1.54, 1.807) is 0 Å². The molecule has 0 radical (unpaired) electrons. The van der Waals surface area contributed by atoms with Gasteiger partial charge in [0, 0.05) is 25.2 Å². The Hall–Kier alpha value is -2.78. The standard InChI is InChI=1S/C26H25F2N/c27-24-13-23(14-25(28)17-24)16-26(15-20-11-12-20)29(18-21-7-3-1-4-8-21)19-22-9-5-2-6-10-22/h1-10,13-15,17,26H,11-12,16,18-19H2/t26-/m1/s1. The molecule has 0 bridgehead atoms. The molecule has 1 saturated carbocycles. The van der Waals surface area contributed by atoms with Gasteiger partial charge in [-0.2, -0.15) is 0 Å². The van der Waals surface area contributed by atoms with Gasteiger partial charge in [-0.1, -0.05) is 72.3 Å². The molecule has 0 aromatic heterocycles. The van der Waals surface area contributed by atoms with Crippen molar-refractivity contribution < 1.29 is 8.78 Å². The minimum absolute atomic E-state index is 0.0779. The molecular formula is C26H25F2N. The van der Waals surface area contributed by atoms with Crippen molar-refractivity contribution in [2.24, 2.45) is 0 Å². The van der Waals surface area contributed by atoms with E-state index in [0.717, 1.165) is 32.0 Å². The Bertz CT molecular complexity index is 899. The predicted molar refractivity (Wildman–Crippen MR) is 113 cm³/mol. The van der Waals surface area contributed by atoms with Crippen LogP contribution in [0.15, 0.2) is 90.5 Å². The van der Waals surface area contributed by atoms with Crippen molar-refractivity contribution in [2.45, 2.75) is 38.4 Å². The number of allylic oxidation sites excluding steroid dienone is 1. The number of nitrogens with zero attached hydrogens (tertiary/aromatic N) is 1. The molecule has 0 unspecified atom stereocenters. The van der Waals surface area contributed by atoms with E-state index in [4.69, 9.17) is 0 Å². The van der Waals surface area contributed by atoms with Crippen molar-refractivity contribution in [1.29, 1.82) is 0 Å². The van der Waals surface area contributed by atoms with Gasteiger partial charge >= 0.3 is 0 Å². The molecule has 1 aliphatic carbocycles. The number of halogens is 2. The maximum Gasteiger partial charge on any atom is 0.126 e. The molecule has 0 amide bonds. The molecular weight excluding hydrogens is 364 g/mol. The fraction of sp³-hybridized carbons (Fsp3) is 0.231. The minimum Gasteiger partial charge on any atom is -0.288 e. The molecule has 0 heterocycles. The summed E-state index contributed by atoms with van der Waals surface area (Å²) in [4.78, 5) is 2.40. The molecule has 148 valence electrons. The molecule has 3 aromatic rings. The second kappa shape index (κ2) is 9.15. The molecule has 4 rings (SSSR count). The van der Waals surface area contributed by atoms with Gasteiger partial charge in [-0.3, -0.25) is 4.90 Å². The van der Waals surface area contributed by atoms with Crippen molar-refractivity contribution >= 4 is 0 Å². The molecule has 3 aromatic carbocycles. The average Bonchev–Trinajstić information content (AvgIpc) is 3.52. The molecule has 0 N–H and O–H groups in total. The lowest BCUT2D eigenvalue weighted by molar-refractivity contribution is 0.209. The summed E-state index contributed by atoms with van der Waals surface area (Å²) in [6.45, 7) is 1.56. The van der Waals surface area contributed by atoms with Crippen molar-refractivity contribution in [3.05, 3.63) is 119 Å². The molecule has 29 heavy (non-hydrogen) atoms. The minimum atomic E-state index is -0.518. The first-order valence-corrected chi connectivity index (χ1v) is 10.1.